The fraction of sp³-hybridized carbons (Fsp3) is 1.00. The summed E-state index contributed by atoms with van der Waals surface area (Å²) in [4.78, 5) is 0. The Morgan fingerprint density at radius 1 is 1.00 bits per heavy atom. The van der Waals surface area contributed by atoms with E-state index in [1.807, 2.05) is 0 Å². The van der Waals surface area contributed by atoms with Crippen molar-refractivity contribution in [2.24, 2.45) is 0 Å². The predicted octanol–water partition coefficient (Wildman–Crippen LogP) is 2.92. The summed E-state index contributed by atoms with van der Waals surface area (Å²) in [5.74, 6) is 0. The average Bonchev–Trinajstić information content (AvgIpc) is 1.87. The molecule has 0 spiro atoms. The second kappa shape index (κ2) is 3.57. The first-order valence-electron chi connectivity index (χ1n) is 3.41. The second-order valence-electron chi connectivity index (χ2n) is 2.29. The van der Waals surface area contributed by atoms with Gasteiger partial charge in [0.05, 0.1) is 0 Å². The van der Waals surface area contributed by atoms with Crippen molar-refractivity contribution >= 4 is 19.3 Å². The zero-order valence-electron chi connectivity index (χ0n) is 6.07. The smallest absolute Gasteiger partial charge is 0.112 e. The summed E-state index contributed by atoms with van der Waals surface area (Å²) in [6, 6.07) is 3.97. The molecule has 0 radical (unpaired) electrons. The normalized spacial score (nSPS) is 12.0. The molecule has 50 valence electrons. The fourth-order valence-corrected chi connectivity index (χ4v) is 2.25. The molecule has 0 saturated carbocycles. The molecule has 0 N–H and O–H groups in total. The minimum atomic E-state index is -0.977. The van der Waals surface area contributed by atoms with E-state index in [-0.39, 0.29) is 0 Å². The maximum atomic E-state index is 4.66. The third-order valence-corrected chi connectivity index (χ3v) is 8.77. The Bertz CT molecular complexity index is 51.3. The molecule has 0 unspecified atom stereocenters. The minimum absolute atomic E-state index is 0.977. The molecule has 0 atom stereocenters. The Kier molecular flexibility index (Phi) is 3.82. The standard InChI is InChI=1S/C6H16SSi/c1-4-8(7,5-2)6-3/h7H,4-6H2,1-3H3. The van der Waals surface area contributed by atoms with Crippen molar-refractivity contribution in [1.82, 2.24) is 0 Å². The highest BCUT2D eigenvalue weighted by Crippen LogP contribution is 2.23. The van der Waals surface area contributed by atoms with Crippen LogP contribution in [0.15, 0.2) is 0 Å². The van der Waals surface area contributed by atoms with Gasteiger partial charge >= 0.3 is 0 Å². The summed E-state index contributed by atoms with van der Waals surface area (Å²) in [6.07, 6.45) is 0. The van der Waals surface area contributed by atoms with Crippen LogP contribution >= 0.6 is 12.1 Å². The topological polar surface area (TPSA) is 0 Å². The highest BCUT2D eigenvalue weighted by molar-refractivity contribution is 8.14. The van der Waals surface area contributed by atoms with Crippen molar-refractivity contribution in [2.45, 2.75) is 38.9 Å². The second-order valence-corrected chi connectivity index (χ2v) is 9.70. The highest BCUT2D eigenvalue weighted by Gasteiger charge is 2.20. The van der Waals surface area contributed by atoms with E-state index in [4.69, 9.17) is 0 Å². The van der Waals surface area contributed by atoms with Crippen LogP contribution in [0.1, 0.15) is 20.8 Å². The summed E-state index contributed by atoms with van der Waals surface area (Å²) in [5, 5.41) is 0. The molecule has 0 aromatic rings. The molecule has 0 aliphatic rings. The van der Waals surface area contributed by atoms with Gasteiger partial charge in [0, 0.05) is 0 Å². The molecule has 0 nitrogen and oxygen atoms in total. The summed E-state index contributed by atoms with van der Waals surface area (Å²) < 4.78 is 0. The number of hydrogen-bond acceptors (Lipinski definition) is 1. The van der Waals surface area contributed by atoms with E-state index >= 15 is 0 Å². The minimum Gasteiger partial charge on any atom is -0.202 e. The van der Waals surface area contributed by atoms with Crippen LogP contribution in [0.25, 0.3) is 0 Å². The molecule has 0 rings (SSSR count). The maximum absolute atomic E-state index is 4.66. The molecule has 2 heteroatoms. The summed E-state index contributed by atoms with van der Waals surface area (Å²) in [6.45, 7) is 6.77. The fourth-order valence-electron chi connectivity index (χ4n) is 0.750. The quantitative estimate of drug-likeness (QED) is 0.462. The van der Waals surface area contributed by atoms with Gasteiger partial charge in [-0.25, -0.2) is 12.1 Å². The van der Waals surface area contributed by atoms with Crippen LogP contribution in [0.3, 0.4) is 0 Å². The number of rotatable bonds is 3. The lowest BCUT2D eigenvalue weighted by atomic mass is 10.9. The van der Waals surface area contributed by atoms with Gasteiger partial charge in [-0.3, -0.25) is 0 Å². The zero-order chi connectivity index (χ0) is 6.62. The average molecular weight is 148 g/mol. The van der Waals surface area contributed by atoms with Gasteiger partial charge in [-0.05, 0) is 0 Å². The van der Waals surface area contributed by atoms with E-state index in [2.05, 4.69) is 32.8 Å². The van der Waals surface area contributed by atoms with Crippen molar-refractivity contribution in [2.75, 3.05) is 0 Å². The van der Waals surface area contributed by atoms with Crippen molar-refractivity contribution < 1.29 is 0 Å². The Morgan fingerprint density at radius 3 is 1.25 bits per heavy atom. The van der Waals surface area contributed by atoms with Crippen molar-refractivity contribution in [1.29, 1.82) is 0 Å². The van der Waals surface area contributed by atoms with Gasteiger partial charge in [-0.1, -0.05) is 38.9 Å². The van der Waals surface area contributed by atoms with Crippen LogP contribution in [0.4, 0.5) is 0 Å². The van der Waals surface area contributed by atoms with Crippen molar-refractivity contribution in [3.63, 3.8) is 0 Å². The molecule has 0 bridgehead atoms. The van der Waals surface area contributed by atoms with E-state index in [1.165, 1.54) is 18.1 Å². The predicted molar refractivity (Wildman–Crippen MR) is 46.2 cm³/mol. The molecule has 0 aliphatic carbocycles. The number of hydrogen-bond donors (Lipinski definition) is 1. The Labute approximate surface area is 58.7 Å². The van der Waals surface area contributed by atoms with Gasteiger partial charge in [0.25, 0.3) is 0 Å². The summed E-state index contributed by atoms with van der Waals surface area (Å²) in [7, 11) is -0.977. The van der Waals surface area contributed by atoms with Gasteiger partial charge in [0.15, 0.2) is 0 Å². The first kappa shape index (κ1) is 8.57. The lowest BCUT2D eigenvalue weighted by molar-refractivity contribution is 1.23. The van der Waals surface area contributed by atoms with E-state index in [9.17, 15) is 0 Å². The van der Waals surface area contributed by atoms with Crippen LogP contribution in [-0.4, -0.2) is 7.22 Å². The molecular formula is C6H16SSi. The van der Waals surface area contributed by atoms with E-state index in [0.717, 1.165) is 0 Å². The number of thiol groups is 1. The van der Waals surface area contributed by atoms with Crippen molar-refractivity contribution in [3.8, 4) is 0 Å². The van der Waals surface area contributed by atoms with Crippen LogP contribution in [0.5, 0.6) is 0 Å². The lowest BCUT2D eigenvalue weighted by Crippen LogP contribution is -2.22. The third kappa shape index (κ3) is 2.22. The van der Waals surface area contributed by atoms with E-state index in [0.29, 0.717) is 0 Å². The van der Waals surface area contributed by atoms with E-state index < -0.39 is 7.22 Å². The molecule has 0 heterocycles. The van der Waals surface area contributed by atoms with Crippen LogP contribution in [0, 0.1) is 0 Å². The first-order valence-corrected chi connectivity index (χ1v) is 7.32. The highest BCUT2D eigenvalue weighted by atomic mass is 32.3. The first-order chi connectivity index (χ1) is 3.68. The van der Waals surface area contributed by atoms with Gasteiger partial charge in [0.1, 0.15) is 7.22 Å². The van der Waals surface area contributed by atoms with Crippen LogP contribution in [0.2, 0.25) is 18.1 Å². The SMILES string of the molecule is CC[Si](S)(CC)CC. The van der Waals surface area contributed by atoms with Gasteiger partial charge < -0.3 is 0 Å². The zero-order valence-corrected chi connectivity index (χ0v) is 7.96. The maximum Gasteiger partial charge on any atom is 0.112 e. The lowest BCUT2D eigenvalue weighted by Gasteiger charge is -2.19. The Morgan fingerprint density at radius 2 is 1.25 bits per heavy atom. The molecule has 0 fully saturated rings. The molecular weight excluding hydrogens is 132 g/mol. The summed E-state index contributed by atoms with van der Waals surface area (Å²) in [5.41, 5.74) is 0. The Balaban J connectivity index is 3.58. The molecule has 8 heavy (non-hydrogen) atoms. The molecule has 0 aliphatic heterocycles. The summed E-state index contributed by atoms with van der Waals surface area (Å²) >= 11 is 4.66. The molecule has 0 aromatic carbocycles. The van der Waals surface area contributed by atoms with Gasteiger partial charge in [-0.2, -0.15) is 0 Å². The van der Waals surface area contributed by atoms with Crippen molar-refractivity contribution in [3.05, 3.63) is 0 Å². The van der Waals surface area contributed by atoms with E-state index in [1.54, 1.807) is 0 Å². The monoisotopic (exact) mass is 148 g/mol. The molecule has 0 saturated heterocycles. The van der Waals surface area contributed by atoms with Gasteiger partial charge in [-0.15, -0.1) is 0 Å². The molecule has 0 amide bonds. The molecule has 0 aromatic heterocycles. The Hall–Kier alpha value is 0.567. The largest absolute Gasteiger partial charge is 0.202 e. The van der Waals surface area contributed by atoms with Crippen LogP contribution in [-0.2, 0) is 0 Å². The van der Waals surface area contributed by atoms with Crippen LogP contribution < -0.4 is 0 Å². The third-order valence-electron chi connectivity index (χ3n) is 1.97. The van der Waals surface area contributed by atoms with Gasteiger partial charge in [0.2, 0.25) is 0 Å².